The highest BCUT2D eigenvalue weighted by Gasteiger charge is 2.23. The van der Waals surface area contributed by atoms with Crippen LogP contribution >= 0.6 is 0 Å². The lowest BCUT2D eigenvalue weighted by Crippen LogP contribution is -2.29. The van der Waals surface area contributed by atoms with Crippen LogP contribution in [0, 0.1) is 5.92 Å². The number of rotatable bonds is 1. The summed E-state index contributed by atoms with van der Waals surface area (Å²) in [6.45, 7) is 2.01. The fourth-order valence-corrected chi connectivity index (χ4v) is 1.66. The molecule has 0 radical (unpaired) electrons. The lowest BCUT2D eigenvalue weighted by Gasteiger charge is -2.11. The molecule has 5 nitrogen and oxygen atoms in total. The number of esters is 1. The second-order valence-electron chi connectivity index (χ2n) is 3.35. The van der Waals surface area contributed by atoms with Crippen molar-refractivity contribution in [2.45, 2.75) is 13.1 Å². The molecule has 0 aromatic carbocycles. The average molecular weight is 195 g/mol. The van der Waals surface area contributed by atoms with Crippen LogP contribution in [0.2, 0.25) is 0 Å². The van der Waals surface area contributed by atoms with E-state index in [-0.39, 0.29) is 11.9 Å². The van der Waals surface area contributed by atoms with Gasteiger partial charge in [-0.2, -0.15) is 0 Å². The lowest BCUT2D eigenvalue weighted by atomic mass is 10.1. The highest BCUT2D eigenvalue weighted by atomic mass is 16.5. The van der Waals surface area contributed by atoms with Gasteiger partial charge < -0.3 is 14.6 Å². The number of carbonyl (C=O) groups is 1. The number of ether oxygens (including phenoxy) is 1. The summed E-state index contributed by atoms with van der Waals surface area (Å²) >= 11 is 0. The van der Waals surface area contributed by atoms with Crippen LogP contribution in [0.1, 0.15) is 5.82 Å². The van der Waals surface area contributed by atoms with Crippen LogP contribution in [0.25, 0.3) is 0 Å². The molecule has 2 heterocycles. The van der Waals surface area contributed by atoms with E-state index in [1.54, 1.807) is 6.20 Å². The van der Waals surface area contributed by atoms with Gasteiger partial charge in [0.05, 0.1) is 19.6 Å². The van der Waals surface area contributed by atoms with E-state index in [1.165, 1.54) is 7.11 Å². The number of aromatic nitrogens is 2. The molecule has 1 aliphatic rings. The summed E-state index contributed by atoms with van der Waals surface area (Å²) in [4.78, 5) is 15.5. The monoisotopic (exact) mass is 195 g/mol. The van der Waals surface area contributed by atoms with E-state index < -0.39 is 0 Å². The third kappa shape index (κ3) is 1.63. The van der Waals surface area contributed by atoms with E-state index in [4.69, 9.17) is 4.74 Å². The van der Waals surface area contributed by atoms with Gasteiger partial charge in [-0.25, -0.2) is 4.98 Å². The van der Waals surface area contributed by atoms with Crippen molar-refractivity contribution in [3.63, 3.8) is 0 Å². The van der Waals surface area contributed by atoms with Gasteiger partial charge >= 0.3 is 5.97 Å². The van der Waals surface area contributed by atoms with Crippen molar-refractivity contribution in [3.05, 3.63) is 18.2 Å². The van der Waals surface area contributed by atoms with Gasteiger partial charge in [-0.15, -0.1) is 0 Å². The van der Waals surface area contributed by atoms with Crippen LogP contribution in [0.3, 0.4) is 0 Å². The van der Waals surface area contributed by atoms with Gasteiger partial charge in [-0.3, -0.25) is 4.79 Å². The van der Waals surface area contributed by atoms with E-state index in [1.807, 2.05) is 10.8 Å². The Morgan fingerprint density at radius 3 is 3.43 bits per heavy atom. The molecule has 0 amide bonds. The fourth-order valence-electron chi connectivity index (χ4n) is 1.66. The first-order chi connectivity index (χ1) is 6.81. The second kappa shape index (κ2) is 3.79. The molecule has 0 bridgehead atoms. The summed E-state index contributed by atoms with van der Waals surface area (Å²) in [5.74, 6) is 0.686. The Hall–Kier alpha value is -1.36. The van der Waals surface area contributed by atoms with E-state index in [0.717, 1.165) is 5.82 Å². The van der Waals surface area contributed by atoms with Crippen LogP contribution in [0.15, 0.2) is 12.4 Å². The van der Waals surface area contributed by atoms with E-state index in [9.17, 15) is 4.79 Å². The molecule has 1 aliphatic heterocycles. The van der Waals surface area contributed by atoms with E-state index in [2.05, 4.69) is 10.3 Å². The Bertz CT molecular complexity index is 335. The Morgan fingerprint density at radius 1 is 1.79 bits per heavy atom. The molecule has 14 heavy (non-hydrogen) atoms. The van der Waals surface area contributed by atoms with Gasteiger partial charge in [0.1, 0.15) is 5.82 Å². The predicted octanol–water partition coefficient (Wildman–Crippen LogP) is -0.225. The molecule has 0 fully saturated rings. The smallest absolute Gasteiger partial charge is 0.311 e. The number of nitrogens with one attached hydrogen (secondary N) is 1. The van der Waals surface area contributed by atoms with Crippen LogP contribution in [-0.2, 0) is 22.6 Å². The number of imidazole rings is 1. The van der Waals surface area contributed by atoms with Gasteiger partial charge in [-0.1, -0.05) is 0 Å². The first-order valence-corrected chi connectivity index (χ1v) is 4.60. The Kier molecular flexibility index (Phi) is 2.49. The van der Waals surface area contributed by atoms with Crippen LogP contribution in [0.5, 0.6) is 0 Å². The second-order valence-corrected chi connectivity index (χ2v) is 3.35. The molecule has 1 aromatic rings. The molecule has 76 valence electrons. The predicted molar refractivity (Wildman–Crippen MR) is 49.4 cm³/mol. The molecular formula is C9H13N3O2. The molecule has 1 aromatic heterocycles. The van der Waals surface area contributed by atoms with Crippen LogP contribution in [0.4, 0.5) is 0 Å². The van der Waals surface area contributed by atoms with E-state index >= 15 is 0 Å². The number of carbonyl (C=O) groups excluding carboxylic acids is 1. The summed E-state index contributed by atoms with van der Waals surface area (Å²) in [6, 6.07) is 0. The summed E-state index contributed by atoms with van der Waals surface area (Å²) in [5, 5.41) is 3.17. The third-order valence-electron chi connectivity index (χ3n) is 2.43. The van der Waals surface area contributed by atoms with Gasteiger partial charge in [0.15, 0.2) is 0 Å². The number of hydrogen-bond donors (Lipinski definition) is 1. The zero-order chi connectivity index (χ0) is 9.97. The number of hydrogen-bond acceptors (Lipinski definition) is 4. The molecule has 1 atom stereocenters. The fraction of sp³-hybridized carbons (Fsp3) is 0.556. The van der Waals surface area contributed by atoms with Crippen molar-refractivity contribution in [1.29, 1.82) is 0 Å². The number of nitrogens with zero attached hydrogens (tertiary/aromatic N) is 2. The molecule has 5 heteroatoms. The quantitative estimate of drug-likeness (QED) is 0.629. The minimum atomic E-state index is -0.168. The number of methoxy groups -OCH3 is 1. The minimum absolute atomic E-state index is 0.115. The maximum atomic E-state index is 11.4. The van der Waals surface area contributed by atoms with Crippen molar-refractivity contribution in [1.82, 2.24) is 14.9 Å². The molecule has 0 aliphatic carbocycles. The molecule has 0 saturated heterocycles. The van der Waals surface area contributed by atoms with Crippen LogP contribution < -0.4 is 5.32 Å². The first kappa shape index (κ1) is 9.21. The maximum absolute atomic E-state index is 11.4. The van der Waals surface area contributed by atoms with Crippen molar-refractivity contribution in [2.75, 3.05) is 13.7 Å². The largest absolute Gasteiger partial charge is 0.469 e. The zero-order valence-corrected chi connectivity index (χ0v) is 8.06. The minimum Gasteiger partial charge on any atom is -0.469 e. The van der Waals surface area contributed by atoms with Crippen LogP contribution in [-0.4, -0.2) is 29.2 Å². The van der Waals surface area contributed by atoms with Gasteiger partial charge in [0, 0.05) is 25.5 Å². The first-order valence-electron chi connectivity index (χ1n) is 4.60. The SMILES string of the molecule is COC(=O)C1CNCc2nccn2C1. The topological polar surface area (TPSA) is 56.1 Å². The molecule has 1 N–H and O–H groups in total. The Morgan fingerprint density at radius 2 is 2.64 bits per heavy atom. The maximum Gasteiger partial charge on any atom is 0.311 e. The summed E-state index contributed by atoms with van der Waals surface area (Å²) in [5.41, 5.74) is 0. The summed E-state index contributed by atoms with van der Waals surface area (Å²) in [6.07, 6.45) is 3.63. The molecule has 2 rings (SSSR count). The highest BCUT2D eigenvalue weighted by molar-refractivity contribution is 5.72. The standard InChI is InChI=1S/C9H13N3O2/c1-14-9(13)7-4-10-5-8-11-2-3-12(8)6-7/h2-3,7,10H,4-6H2,1H3. The van der Waals surface area contributed by atoms with Gasteiger partial charge in [-0.05, 0) is 0 Å². The zero-order valence-electron chi connectivity index (χ0n) is 8.06. The Labute approximate surface area is 82.1 Å². The van der Waals surface area contributed by atoms with Crippen molar-refractivity contribution in [2.24, 2.45) is 5.92 Å². The molecule has 0 spiro atoms. The normalized spacial score (nSPS) is 21.1. The molecular weight excluding hydrogens is 182 g/mol. The molecule has 0 saturated carbocycles. The van der Waals surface area contributed by atoms with Crippen molar-refractivity contribution < 1.29 is 9.53 Å². The number of fused-ring (bicyclic) bond motifs is 1. The third-order valence-corrected chi connectivity index (χ3v) is 2.43. The lowest BCUT2D eigenvalue weighted by molar-refractivity contribution is -0.145. The van der Waals surface area contributed by atoms with Gasteiger partial charge in [0.25, 0.3) is 0 Å². The van der Waals surface area contributed by atoms with Crippen molar-refractivity contribution >= 4 is 5.97 Å². The molecule has 1 unspecified atom stereocenters. The summed E-state index contributed by atoms with van der Waals surface area (Å²) in [7, 11) is 1.42. The van der Waals surface area contributed by atoms with Crippen molar-refractivity contribution in [3.8, 4) is 0 Å². The van der Waals surface area contributed by atoms with E-state index in [0.29, 0.717) is 19.6 Å². The Balaban J connectivity index is 2.15. The highest BCUT2D eigenvalue weighted by Crippen LogP contribution is 2.09. The average Bonchev–Trinajstić information content (AvgIpc) is 2.54. The van der Waals surface area contributed by atoms with Gasteiger partial charge in [0.2, 0.25) is 0 Å². The summed E-state index contributed by atoms with van der Waals surface area (Å²) < 4.78 is 6.71.